The number of halogens is 1. The molecule has 0 aromatic heterocycles. The Morgan fingerprint density at radius 1 is 1.50 bits per heavy atom. The van der Waals surface area contributed by atoms with E-state index in [0.717, 1.165) is 0 Å². The molecule has 3 N–H and O–H groups in total. The molecule has 1 unspecified atom stereocenters. The summed E-state index contributed by atoms with van der Waals surface area (Å²) in [7, 11) is 1.32. The molecular weight excluding hydrogens is 300 g/mol. The summed E-state index contributed by atoms with van der Waals surface area (Å²) in [4.78, 5) is 11.9. The summed E-state index contributed by atoms with van der Waals surface area (Å²) in [5.74, 6) is -0.480. The monoisotopic (exact) mass is 312 g/mol. The second-order valence-electron chi connectivity index (χ2n) is 4.27. The van der Waals surface area contributed by atoms with E-state index in [1.807, 2.05) is 0 Å². The zero-order valence-electron chi connectivity index (χ0n) is 10.9. The minimum absolute atomic E-state index is 0.0211. The fraction of sp³-hybridized carbons (Fsp3) is 0.231. The van der Waals surface area contributed by atoms with Crippen LogP contribution >= 0.6 is 23.8 Å². The van der Waals surface area contributed by atoms with Crippen molar-refractivity contribution in [2.45, 2.75) is 13.0 Å². The third kappa shape index (κ3) is 2.71. The Kier molecular flexibility index (Phi) is 4.15. The van der Waals surface area contributed by atoms with Crippen LogP contribution in [0.25, 0.3) is 0 Å². The van der Waals surface area contributed by atoms with E-state index in [2.05, 4.69) is 10.6 Å². The van der Waals surface area contributed by atoms with Crippen molar-refractivity contribution >= 4 is 34.9 Å². The van der Waals surface area contributed by atoms with Gasteiger partial charge >= 0.3 is 5.97 Å². The van der Waals surface area contributed by atoms with Gasteiger partial charge in [-0.2, -0.15) is 0 Å². The molecule has 0 saturated heterocycles. The van der Waals surface area contributed by atoms with Crippen molar-refractivity contribution in [2.75, 3.05) is 7.11 Å². The molecular formula is C13H13ClN2O3S. The highest BCUT2D eigenvalue weighted by molar-refractivity contribution is 7.80. The van der Waals surface area contributed by atoms with Gasteiger partial charge in [0.05, 0.1) is 23.7 Å². The van der Waals surface area contributed by atoms with Gasteiger partial charge in [-0.05, 0) is 36.8 Å². The molecule has 2 rings (SSSR count). The van der Waals surface area contributed by atoms with Crippen LogP contribution in [0.5, 0.6) is 5.75 Å². The molecule has 20 heavy (non-hydrogen) atoms. The van der Waals surface area contributed by atoms with E-state index in [1.54, 1.807) is 19.1 Å². The Bertz CT molecular complexity index is 616. The van der Waals surface area contributed by atoms with Gasteiger partial charge in [-0.25, -0.2) is 4.79 Å². The first-order valence-electron chi connectivity index (χ1n) is 5.79. The van der Waals surface area contributed by atoms with Crippen LogP contribution in [0.1, 0.15) is 18.5 Å². The molecule has 1 aromatic rings. The zero-order valence-corrected chi connectivity index (χ0v) is 12.4. The summed E-state index contributed by atoms with van der Waals surface area (Å²) in [5.41, 5.74) is 1.74. The van der Waals surface area contributed by atoms with E-state index < -0.39 is 12.0 Å². The Morgan fingerprint density at radius 3 is 2.80 bits per heavy atom. The van der Waals surface area contributed by atoms with Gasteiger partial charge in [0.25, 0.3) is 0 Å². The van der Waals surface area contributed by atoms with Crippen LogP contribution in [0.15, 0.2) is 29.5 Å². The van der Waals surface area contributed by atoms with E-state index in [4.69, 9.17) is 28.6 Å². The topological polar surface area (TPSA) is 70.6 Å². The highest BCUT2D eigenvalue weighted by Gasteiger charge is 2.30. The van der Waals surface area contributed by atoms with Crippen molar-refractivity contribution in [1.82, 2.24) is 10.6 Å². The van der Waals surface area contributed by atoms with Gasteiger partial charge < -0.3 is 20.5 Å². The van der Waals surface area contributed by atoms with Gasteiger partial charge in [-0.15, -0.1) is 0 Å². The molecule has 5 nitrogen and oxygen atoms in total. The lowest BCUT2D eigenvalue weighted by Gasteiger charge is -2.29. The van der Waals surface area contributed by atoms with E-state index in [0.29, 0.717) is 21.9 Å². The molecule has 106 valence electrons. The molecule has 0 radical (unpaired) electrons. The summed E-state index contributed by atoms with van der Waals surface area (Å²) in [6.45, 7) is 1.74. The second kappa shape index (κ2) is 5.68. The van der Waals surface area contributed by atoms with Crippen LogP contribution in [0.2, 0.25) is 5.02 Å². The van der Waals surface area contributed by atoms with E-state index in [-0.39, 0.29) is 10.8 Å². The predicted octanol–water partition coefficient (Wildman–Crippen LogP) is 2.01. The summed E-state index contributed by atoms with van der Waals surface area (Å²) in [6.07, 6.45) is 0. The average Bonchev–Trinajstić information content (AvgIpc) is 2.40. The first kappa shape index (κ1) is 14.6. The predicted molar refractivity (Wildman–Crippen MR) is 79.4 cm³/mol. The lowest BCUT2D eigenvalue weighted by molar-refractivity contribution is -0.136. The molecule has 7 heteroatoms. The molecule has 0 saturated carbocycles. The number of allylic oxidation sites excluding steroid dienone is 1. The number of aromatic hydroxyl groups is 1. The van der Waals surface area contributed by atoms with Crippen LogP contribution in [0.4, 0.5) is 0 Å². The average molecular weight is 313 g/mol. The number of esters is 1. The lowest BCUT2D eigenvalue weighted by Crippen LogP contribution is -2.45. The molecule has 0 fully saturated rings. The zero-order chi connectivity index (χ0) is 14.9. The Hall–Kier alpha value is -1.79. The maximum atomic E-state index is 11.9. The van der Waals surface area contributed by atoms with Crippen LogP contribution in [-0.2, 0) is 9.53 Å². The molecule has 0 bridgehead atoms. The van der Waals surface area contributed by atoms with Crippen molar-refractivity contribution in [3.8, 4) is 5.75 Å². The summed E-state index contributed by atoms with van der Waals surface area (Å²) in [6, 6.07) is 4.24. The molecule has 1 aromatic carbocycles. The summed E-state index contributed by atoms with van der Waals surface area (Å²) in [5, 5.41) is 16.0. The van der Waals surface area contributed by atoms with E-state index in [1.165, 1.54) is 13.2 Å². The van der Waals surface area contributed by atoms with Gasteiger partial charge in [0.2, 0.25) is 0 Å². The third-order valence-electron chi connectivity index (χ3n) is 2.98. The van der Waals surface area contributed by atoms with E-state index in [9.17, 15) is 9.90 Å². The number of carbonyl (C=O) groups is 1. The Labute approximate surface area is 126 Å². The third-order valence-corrected chi connectivity index (χ3v) is 3.50. The number of methoxy groups -OCH3 is 1. The van der Waals surface area contributed by atoms with Gasteiger partial charge in [0.1, 0.15) is 5.75 Å². The van der Waals surface area contributed by atoms with E-state index >= 15 is 0 Å². The Balaban J connectivity index is 2.50. The molecule has 1 atom stereocenters. The van der Waals surface area contributed by atoms with Gasteiger partial charge in [-0.1, -0.05) is 17.7 Å². The normalized spacial score (nSPS) is 18.4. The number of hydrogen-bond acceptors (Lipinski definition) is 4. The summed E-state index contributed by atoms with van der Waals surface area (Å²) < 4.78 is 4.80. The Morgan fingerprint density at radius 2 is 2.20 bits per heavy atom. The molecule has 0 aliphatic carbocycles. The molecule has 1 heterocycles. The second-order valence-corrected chi connectivity index (χ2v) is 5.09. The number of phenols is 1. The first-order chi connectivity index (χ1) is 9.43. The highest BCUT2D eigenvalue weighted by atomic mass is 35.5. The smallest absolute Gasteiger partial charge is 0.337 e. The number of phenolic OH excluding ortho intramolecular Hbond substituents is 1. The van der Waals surface area contributed by atoms with Crippen molar-refractivity contribution in [2.24, 2.45) is 0 Å². The number of rotatable bonds is 2. The number of carbonyl (C=O) groups excluding carboxylic acids is 1. The molecule has 0 spiro atoms. The van der Waals surface area contributed by atoms with Crippen molar-refractivity contribution in [1.29, 1.82) is 0 Å². The molecule has 0 amide bonds. The number of ether oxygens (including phenoxy) is 1. The maximum absolute atomic E-state index is 11.9. The van der Waals surface area contributed by atoms with Crippen molar-refractivity contribution < 1.29 is 14.6 Å². The highest BCUT2D eigenvalue weighted by Crippen LogP contribution is 2.32. The maximum Gasteiger partial charge on any atom is 0.337 e. The van der Waals surface area contributed by atoms with Crippen molar-refractivity contribution in [3.05, 3.63) is 40.1 Å². The minimum atomic E-state index is -0.478. The lowest BCUT2D eigenvalue weighted by atomic mass is 9.95. The fourth-order valence-electron chi connectivity index (χ4n) is 2.03. The molecule has 1 aliphatic heterocycles. The number of thiocarbonyl (C=S) groups is 1. The van der Waals surface area contributed by atoms with Gasteiger partial charge in [-0.3, -0.25) is 0 Å². The van der Waals surface area contributed by atoms with Gasteiger partial charge in [0, 0.05) is 5.70 Å². The number of benzene rings is 1. The largest absolute Gasteiger partial charge is 0.506 e. The first-order valence-corrected chi connectivity index (χ1v) is 6.57. The van der Waals surface area contributed by atoms with Crippen LogP contribution in [0, 0.1) is 0 Å². The minimum Gasteiger partial charge on any atom is -0.506 e. The quantitative estimate of drug-likeness (QED) is 0.573. The SMILES string of the molecule is COC(=O)C1=C(C)NC(=S)NC1c1ccc(O)c(Cl)c1. The fourth-order valence-corrected chi connectivity index (χ4v) is 2.49. The number of nitrogens with one attached hydrogen (secondary N) is 2. The van der Waals surface area contributed by atoms with Gasteiger partial charge in [0.15, 0.2) is 5.11 Å². The molecule has 1 aliphatic rings. The van der Waals surface area contributed by atoms with Crippen LogP contribution < -0.4 is 10.6 Å². The standard InChI is InChI=1S/C13H13ClN2O3S/c1-6-10(12(18)19-2)11(16-13(20)15-6)7-3-4-9(17)8(14)5-7/h3-5,11,17H,1-2H3,(H2,15,16,20). The summed E-state index contributed by atoms with van der Waals surface area (Å²) >= 11 is 11.0. The van der Waals surface area contributed by atoms with Crippen LogP contribution in [-0.4, -0.2) is 23.3 Å². The van der Waals surface area contributed by atoms with Crippen molar-refractivity contribution in [3.63, 3.8) is 0 Å². The number of hydrogen-bond donors (Lipinski definition) is 3. The van der Waals surface area contributed by atoms with Crippen LogP contribution in [0.3, 0.4) is 0 Å².